The van der Waals surface area contributed by atoms with Crippen LogP contribution in [0.1, 0.15) is 32.2 Å². The highest BCUT2D eigenvalue weighted by atomic mass is 19.1. The fraction of sp³-hybridized carbons (Fsp3) is 0.120. The molecule has 0 saturated carbocycles. The summed E-state index contributed by atoms with van der Waals surface area (Å²) in [6, 6.07) is 15.9. The van der Waals surface area contributed by atoms with Gasteiger partial charge in [0.25, 0.3) is 11.8 Å². The fourth-order valence-electron chi connectivity index (χ4n) is 3.69. The van der Waals surface area contributed by atoms with Crippen molar-refractivity contribution in [1.29, 1.82) is 0 Å². The molecule has 33 heavy (non-hydrogen) atoms. The molecule has 3 heterocycles. The lowest BCUT2D eigenvalue weighted by molar-refractivity contribution is 0.0982. The van der Waals surface area contributed by atoms with Crippen molar-refractivity contribution in [1.82, 2.24) is 0 Å². The molecule has 0 aliphatic carbocycles. The molecule has 1 aliphatic heterocycles. The van der Waals surface area contributed by atoms with Crippen LogP contribution in [0.5, 0.6) is 5.75 Å². The van der Waals surface area contributed by atoms with E-state index >= 15 is 0 Å². The van der Waals surface area contributed by atoms with Gasteiger partial charge in [0.2, 0.25) is 0 Å². The van der Waals surface area contributed by atoms with Crippen LogP contribution in [-0.4, -0.2) is 18.4 Å². The summed E-state index contributed by atoms with van der Waals surface area (Å²) in [6.07, 6.45) is 3.59. The fourth-order valence-corrected chi connectivity index (χ4v) is 3.69. The molecule has 5 rings (SSSR count). The normalized spacial score (nSPS) is 12.5. The molecule has 2 aromatic heterocycles. The Hall–Kier alpha value is -4.33. The Balaban J connectivity index is 1.22. The topological polar surface area (TPSA) is 84.9 Å². The van der Waals surface area contributed by atoms with Crippen LogP contribution in [0.2, 0.25) is 0 Å². The van der Waals surface area contributed by atoms with E-state index in [-0.39, 0.29) is 24.1 Å². The van der Waals surface area contributed by atoms with Crippen molar-refractivity contribution in [3.63, 3.8) is 0 Å². The molecule has 0 saturated heterocycles. The number of halogens is 1. The van der Waals surface area contributed by atoms with E-state index in [4.69, 9.17) is 13.6 Å². The van der Waals surface area contributed by atoms with E-state index in [9.17, 15) is 14.0 Å². The minimum atomic E-state index is -0.396. The van der Waals surface area contributed by atoms with Gasteiger partial charge in [-0.2, -0.15) is 0 Å². The second-order valence-corrected chi connectivity index (χ2v) is 7.52. The van der Waals surface area contributed by atoms with Crippen LogP contribution in [0.15, 0.2) is 82.0 Å². The molecule has 0 atom stereocenters. The third-order valence-electron chi connectivity index (χ3n) is 5.33. The van der Waals surface area contributed by atoms with Crippen molar-refractivity contribution < 1.29 is 27.6 Å². The molecule has 2 amide bonds. The number of anilines is 2. The van der Waals surface area contributed by atoms with Crippen molar-refractivity contribution >= 4 is 23.2 Å². The molecule has 166 valence electrons. The van der Waals surface area contributed by atoms with Gasteiger partial charge in [0.15, 0.2) is 5.76 Å². The number of carbonyl (C=O) groups excluding carboxylic acids is 2. The first-order valence-electron chi connectivity index (χ1n) is 10.3. The number of benzene rings is 2. The van der Waals surface area contributed by atoms with Crippen LogP contribution in [0.3, 0.4) is 0 Å². The Morgan fingerprint density at radius 1 is 1.06 bits per heavy atom. The molecule has 8 heteroatoms. The largest absolute Gasteiger partial charge is 0.486 e. The molecule has 4 aromatic rings. The molecule has 0 radical (unpaired) electrons. The van der Waals surface area contributed by atoms with Crippen molar-refractivity contribution in [2.45, 2.75) is 13.0 Å². The number of fused-ring (bicyclic) bond motifs is 1. The minimum Gasteiger partial charge on any atom is -0.486 e. The lowest BCUT2D eigenvalue weighted by atomic mass is 10.1. The highest BCUT2D eigenvalue weighted by Crippen LogP contribution is 2.32. The lowest BCUT2D eigenvalue weighted by Gasteiger charge is -2.16. The van der Waals surface area contributed by atoms with E-state index in [1.807, 2.05) is 12.1 Å². The predicted octanol–water partition coefficient (Wildman–Crippen LogP) is 5.05. The van der Waals surface area contributed by atoms with Gasteiger partial charge in [-0.15, -0.1) is 0 Å². The maximum absolute atomic E-state index is 13.0. The quantitative estimate of drug-likeness (QED) is 0.448. The Kier molecular flexibility index (Phi) is 5.40. The van der Waals surface area contributed by atoms with E-state index in [1.54, 1.807) is 29.2 Å². The molecule has 1 N–H and O–H groups in total. The zero-order valence-corrected chi connectivity index (χ0v) is 17.4. The first-order chi connectivity index (χ1) is 16.1. The van der Waals surface area contributed by atoms with E-state index in [0.717, 1.165) is 11.3 Å². The number of nitrogens with zero attached hydrogens (tertiary/aromatic N) is 1. The monoisotopic (exact) mass is 446 g/mol. The summed E-state index contributed by atoms with van der Waals surface area (Å²) in [5, 5.41) is 2.82. The highest BCUT2D eigenvalue weighted by molar-refractivity contribution is 6.07. The van der Waals surface area contributed by atoms with Gasteiger partial charge < -0.3 is 23.8 Å². The third-order valence-corrected chi connectivity index (χ3v) is 5.33. The van der Waals surface area contributed by atoms with Crippen molar-refractivity contribution in [3.8, 4) is 5.75 Å². The summed E-state index contributed by atoms with van der Waals surface area (Å²) in [4.78, 5) is 26.9. The SMILES string of the molecule is O=C(Nc1ccc2c(c1)CCN2C(=O)c1ccoc1)c1ccc(COc2ccc(F)cc2)o1. The van der Waals surface area contributed by atoms with E-state index < -0.39 is 5.91 Å². The predicted molar refractivity (Wildman–Crippen MR) is 118 cm³/mol. The van der Waals surface area contributed by atoms with Crippen LogP contribution < -0.4 is 15.0 Å². The molecular weight excluding hydrogens is 427 g/mol. The molecule has 2 aromatic carbocycles. The second-order valence-electron chi connectivity index (χ2n) is 7.52. The number of hydrogen-bond donors (Lipinski definition) is 1. The molecule has 1 aliphatic rings. The van der Waals surface area contributed by atoms with E-state index in [2.05, 4.69) is 5.32 Å². The zero-order valence-electron chi connectivity index (χ0n) is 17.4. The summed E-state index contributed by atoms with van der Waals surface area (Å²) in [5.41, 5.74) is 2.89. The zero-order chi connectivity index (χ0) is 22.8. The molecule has 0 bridgehead atoms. The van der Waals surface area contributed by atoms with Gasteiger partial charge in [-0.1, -0.05) is 0 Å². The van der Waals surface area contributed by atoms with Gasteiger partial charge in [-0.05, 0) is 72.6 Å². The Labute approximate surface area is 188 Å². The third kappa shape index (κ3) is 4.36. The molecular formula is C25H19FN2O5. The number of hydrogen-bond acceptors (Lipinski definition) is 5. The van der Waals surface area contributed by atoms with Crippen LogP contribution in [0.25, 0.3) is 0 Å². The molecule has 7 nitrogen and oxygen atoms in total. The van der Waals surface area contributed by atoms with Gasteiger partial charge in [-0.25, -0.2) is 4.39 Å². The van der Waals surface area contributed by atoms with Gasteiger partial charge in [0.1, 0.15) is 30.2 Å². The first kappa shape index (κ1) is 20.6. The summed E-state index contributed by atoms with van der Waals surface area (Å²) in [7, 11) is 0. The van der Waals surface area contributed by atoms with Gasteiger partial charge in [0.05, 0.1) is 11.8 Å². The number of furan rings is 2. The average molecular weight is 446 g/mol. The summed E-state index contributed by atoms with van der Waals surface area (Å²) < 4.78 is 29.1. The number of rotatable bonds is 6. The highest BCUT2D eigenvalue weighted by Gasteiger charge is 2.26. The molecule has 0 fully saturated rings. The van der Waals surface area contributed by atoms with Crippen molar-refractivity contribution in [2.24, 2.45) is 0 Å². The number of nitrogens with one attached hydrogen (secondary N) is 1. The van der Waals surface area contributed by atoms with Crippen LogP contribution in [0, 0.1) is 5.82 Å². The number of amides is 2. The van der Waals surface area contributed by atoms with Crippen molar-refractivity contribution in [3.05, 3.63) is 102 Å². The lowest BCUT2D eigenvalue weighted by Crippen LogP contribution is -2.28. The Bertz CT molecular complexity index is 1290. The smallest absolute Gasteiger partial charge is 0.291 e. The van der Waals surface area contributed by atoms with Crippen LogP contribution >= 0.6 is 0 Å². The number of carbonyl (C=O) groups is 2. The van der Waals surface area contributed by atoms with E-state index in [0.29, 0.717) is 35.7 Å². The van der Waals surface area contributed by atoms with Crippen molar-refractivity contribution in [2.75, 3.05) is 16.8 Å². The average Bonchev–Trinajstić information content (AvgIpc) is 3.59. The maximum Gasteiger partial charge on any atom is 0.291 e. The van der Waals surface area contributed by atoms with Gasteiger partial charge in [-0.3, -0.25) is 9.59 Å². The number of ether oxygens (including phenoxy) is 1. The summed E-state index contributed by atoms with van der Waals surface area (Å²) >= 11 is 0. The summed E-state index contributed by atoms with van der Waals surface area (Å²) in [6.45, 7) is 0.671. The Morgan fingerprint density at radius 3 is 2.70 bits per heavy atom. The molecule has 0 spiro atoms. The molecule has 0 unspecified atom stereocenters. The van der Waals surface area contributed by atoms with Crippen LogP contribution in [0.4, 0.5) is 15.8 Å². The maximum atomic E-state index is 13.0. The first-order valence-corrected chi connectivity index (χ1v) is 10.3. The Morgan fingerprint density at radius 2 is 1.91 bits per heavy atom. The minimum absolute atomic E-state index is 0.109. The van der Waals surface area contributed by atoms with Gasteiger partial charge >= 0.3 is 0 Å². The standard InChI is InChI=1S/C25H19FN2O5/c26-18-1-4-20(5-2-18)32-15-21-6-8-23(33-21)24(29)27-19-3-7-22-16(13-19)9-11-28(22)25(30)17-10-12-31-14-17/h1-8,10,12-14H,9,11,15H2,(H,27,29). The van der Waals surface area contributed by atoms with E-state index in [1.165, 1.54) is 36.8 Å². The summed E-state index contributed by atoms with van der Waals surface area (Å²) in [5.74, 6) is 0.245. The van der Waals surface area contributed by atoms with Gasteiger partial charge in [0, 0.05) is 17.9 Å². The van der Waals surface area contributed by atoms with Crippen LogP contribution in [-0.2, 0) is 13.0 Å². The second kappa shape index (κ2) is 8.66.